The van der Waals surface area contributed by atoms with Crippen LogP contribution in [0.1, 0.15) is 17.4 Å². The van der Waals surface area contributed by atoms with Crippen molar-refractivity contribution < 1.29 is 13.2 Å². The number of benzene rings is 1. The number of anilines is 2. The smallest absolute Gasteiger partial charge is 0.263 e. The maximum Gasteiger partial charge on any atom is 0.263 e. The summed E-state index contributed by atoms with van der Waals surface area (Å²) in [6.07, 6.45) is 0. The monoisotopic (exact) mass is 331 g/mol. The molecule has 1 aromatic carbocycles. The molecular weight excluding hydrogens is 322 g/mol. The van der Waals surface area contributed by atoms with Gasteiger partial charge in [-0.05, 0) is 18.2 Å². The van der Waals surface area contributed by atoms with Crippen LogP contribution in [0.3, 0.4) is 0 Å². The fraction of sp³-hybridized carbons (Fsp3) is 0.0909. The first kappa shape index (κ1) is 14.8. The molecule has 0 spiro atoms. The number of nitrogens with zero attached hydrogens (tertiary/aromatic N) is 1. The Morgan fingerprint density at radius 1 is 1.45 bits per heavy atom. The van der Waals surface area contributed by atoms with Gasteiger partial charge in [0.1, 0.15) is 5.69 Å². The Kier molecular flexibility index (Phi) is 3.98. The molecule has 0 aliphatic rings. The summed E-state index contributed by atoms with van der Waals surface area (Å²) >= 11 is 6.77. The van der Waals surface area contributed by atoms with Crippen LogP contribution in [0.2, 0.25) is 5.02 Å². The fourth-order valence-corrected chi connectivity index (χ4v) is 3.50. The summed E-state index contributed by atoms with van der Waals surface area (Å²) in [4.78, 5) is 15.0. The second kappa shape index (κ2) is 5.39. The Hall–Kier alpha value is -1.64. The van der Waals surface area contributed by atoms with E-state index in [1.54, 1.807) is 0 Å². The molecule has 0 saturated carbocycles. The van der Waals surface area contributed by atoms with Crippen LogP contribution in [-0.4, -0.2) is 19.2 Å². The second-order valence-corrected chi connectivity index (χ2v) is 6.83. The topological polar surface area (TPSA) is 102 Å². The summed E-state index contributed by atoms with van der Waals surface area (Å²) in [6.45, 7) is 1.35. The second-order valence-electron chi connectivity index (χ2n) is 3.88. The summed E-state index contributed by atoms with van der Waals surface area (Å²) in [5.41, 5.74) is 5.95. The zero-order valence-corrected chi connectivity index (χ0v) is 12.6. The van der Waals surface area contributed by atoms with E-state index in [4.69, 9.17) is 17.3 Å². The van der Waals surface area contributed by atoms with Crippen molar-refractivity contribution in [2.75, 3.05) is 10.5 Å². The highest BCUT2D eigenvalue weighted by molar-refractivity contribution is 7.93. The Morgan fingerprint density at radius 3 is 2.70 bits per heavy atom. The normalized spacial score (nSPS) is 11.3. The predicted molar refractivity (Wildman–Crippen MR) is 78.8 cm³/mol. The van der Waals surface area contributed by atoms with Gasteiger partial charge in [0.15, 0.2) is 10.9 Å². The number of aromatic nitrogens is 1. The quantitative estimate of drug-likeness (QED) is 0.661. The number of thiazole rings is 1. The number of carbonyl (C=O) groups is 1. The van der Waals surface area contributed by atoms with Gasteiger partial charge in [-0.1, -0.05) is 11.6 Å². The van der Waals surface area contributed by atoms with E-state index in [2.05, 4.69) is 9.71 Å². The highest BCUT2D eigenvalue weighted by atomic mass is 35.5. The van der Waals surface area contributed by atoms with E-state index in [0.717, 1.165) is 11.3 Å². The van der Waals surface area contributed by atoms with Crippen LogP contribution in [0.5, 0.6) is 0 Å². The van der Waals surface area contributed by atoms with Gasteiger partial charge in [-0.25, -0.2) is 13.4 Å². The minimum absolute atomic E-state index is 0.0287. The van der Waals surface area contributed by atoms with E-state index in [1.807, 2.05) is 0 Å². The molecule has 0 fully saturated rings. The zero-order chi connectivity index (χ0) is 14.9. The average Bonchev–Trinajstić information content (AvgIpc) is 2.80. The average molecular weight is 332 g/mol. The molecule has 0 aliphatic carbocycles. The molecule has 2 aromatic rings. The number of hydrogen-bond donors (Lipinski definition) is 2. The van der Waals surface area contributed by atoms with Gasteiger partial charge in [-0.3, -0.25) is 9.52 Å². The highest BCUT2D eigenvalue weighted by Crippen LogP contribution is 2.25. The molecule has 1 heterocycles. The van der Waals surface area contributed by atoms with Crippen LogP contribution in [0.15, 0.2) is 28.5 Å². The van der Waals surface area contributed by atoms with Gasteiger partial charge in [0.25, 0.3) is 10.0 Å². The number of carbonyl (C=O) groups excluding carboxylic acids is 1. The number of nitrogens with one attached hydrogen (secondary N) is 1. The highest BCUT2D eigenvalue weighted by Gasteiger charge is 2.17. The maximum atomic E-state index is 12.1. The van der Waals surface area contributed by atoms with E-state index in [-0.39, 0.29) is 32.2 Å². The Bertz CT molecular complexity index is 771. The molecule has 0 amide bonds. The van der Waals surface area contributed by atoms with E-state index in [9.17, 15) is 13.2 Å². The predicted octanol–water partition coefficient (Wildman–Crippen LogP) is 2.38. The van der Waals surface area contributed by atoms with Crippen molar-refractivity contribution in [1.29, 1.82) is 0 Å². The molecule has 2 rings (SSSR count). The van der Waals surface area contributed by atoms with Crippen molar-refractivity contribution >= 4 is 49.6 Å². The van der Waals surface area contributed by atoms with Crippen molar-refractivity contribution in [3.63, 3.8) is 0 Å². The molecule has 0 radical (unpaired) electrons. The Labute approximate surface area is 124 Å². The van der Waals surface area contributed by atoms with Gasteiger partial charge in [0.2, 0.25) is 0 Å². The van der Waals surface area contributed by atoms with Gasteiger partial charge in [0.05, 0.1) is 15.6 Å². The lowest BCUT2D eigenvalue weighted by atomic mass is 10.3. The summed E-state index contributed by atoms with van der Waals surface area (Å²) in [6, 6.07) is 3.99. The van der Waals surface area contributed by atoms with Crippen molar-refractivity contribution in [3.05, 3.63) is 34.3 Å². The molecule has 0 bridgehead atoms. The Morgan fingerprint density at radius 2 is 2.15 bits per heavy atom. The first-order valence-corrected chi connectivity index (χ1v) is 8.08. The molecule has 3 N–H and O–H groups in total. The third-order valence-corrected chi connectivity index (χ3v) is 4.93. The molecule has 106 valence electrons. The van der Waals surface area contributed by atoms with Crippen LogP contribution in [0.4, 0.5) is 10.8 Å². The molecule has 0 saturated heterocycles. The number of sulfonamides is 1. The minimum Gasteiger partial charge on any atom is -0.397 e. The summed E-state index contributed by atoms with van der Waals surface area (Å²) in [5, 5.41) is 1.87. The first-order valence-electron chi connectivity index (χ1n) is 5.34. The molecule has 0 unspecified atom stereocenters. The fourth-order valence-electron chi connectivity index (χ4n) is 1.35. The molecule has 20 heavy (non-hydrogen) atoms. The maximum absolute atomic E-state index is 12.1. The van der Waals surface area contributed by atoms with Crippen LogP contribution in [0.25, 0.3) is 0 Å². The van der Waals surface area contributed by atoms with Gasteiger partial charge < -0.3 is 5.73 Å². The number of rotatable bonds is 4. The first-order chi connectivity index (χ1) is 9.29. The van der Waals surface area contributed by atoms with E-state index < -0.39 is 10.0 Å². The van der Waals surface area contributed by atoms with Crippen LogP contribution < -0.4 is 10.5 Å². The number of Topliss-reactive ketones (excluding diaryl/α,β-unsaturated/α-hetero) is 1. The SMILES string of the molecule is CC(=O)c1csc(NS(=O)(=O)c2ccc(Cl)c(N)c2)n1. The lowest BCUT2D eigenvalue weighted by Crippen LogP contribution is -2.13. The number of ketones is 1. The zero-order valence-electron chi connectivity index (χ0n) is 10.3. The largest absolute Gasteiger partial charge is 0.397 e. The van der Waals surface area contributed by atoms with Crippen LogP contribution in [0, 0.1) is 0 Å². The number of hydrogen-bond acceptors (Lipinski definition) is 6. The summed E-state index contributed by atoms with van der Waals surface area (Å²) in [5.74, 6) is -0.234. The lowest BCUT2D eigenvalue weighted by molar-refractivity contribution is 0.101. The molecule has 0 aliphatic heterocycles. The van der Waals surface area contributed by atoms with Gasteiger partial charge in [-0.15, -0.1) is 11.3 Å². The third-order valence-electron chi connectivity index (χ3n) is 2.36. The standard InChI is InChI=1S/C11H10ClN3O3S2/c1-6(16)10-5-19-11(14-10)15-20(17,18)7-2-3-8(12)9(13)4-7/h2-5H,13H2,1H3,(H,14,15). The Balaban J connectivity index is 2.30. The lowest BCUT2D eigenvalue weighted by Gasteiger charge is -2.06. The van der Waals surface area contributed by atoms with Crippen LogP contribution in [-0.2, 0) is 10.0 Å². The number of nitrogen functional groups attached to an aromatic ring is 1. The van der Waals surface area contributed by atoms with Crippen molar-refractivity contribution in [3.8, 4) is 0 Å². The summed E-state index contributed by atoms with van der Waals surface area (Å²) < 4.78 is 26.5. The molecule has 9 heteroatoms. The van der Waals surface area contributed by atoms with Crippen molar-refractivity contribution in [2.24, 2.45) is 0 Å². The molecular formula is C11H10ClN3O3S2. The van der Waals surface area contributed by atoms with Crippen molar-refractivity contribution in [2.45, 2.75) is 11.8 Å². The number of halogens is 1. The van der Waals surface area contributed by atoms with Gasteiger partial charge in [-0.2, -0.15) is 0 Å². The van der Waals surface area contributed by atoms with Crippen LogP contribution >= 0.6 is 22.9 Å². The molecule has 6 nitrogen and oxygen atoms in total. The van der Waals surface area contributed by atoms with Gasteiger partial charge >= 0.3 is 0 Å². The third kappa shape index (κ3) is 3.09. The number of nitrogens with two attached hydrogens (primary N) is 1. The van der Waals surface area contributed by atoms with E-state index in [0.29, 0.717) is 0 Å². The molecule has 0 atom stereocenters. The van der Waals surface area contributed by atoms with Gasteiger partial charge in [0, 0.05) is 12.3 Å². The minimum atomic E-state index is -3.82. The van der Waals surface area contributed by atoms with Crippen molar-refractivity contribution in [1.82, 2.24) is 4.98 Å². The van der Waals surface area contributed by atoms with E-state index >= 15 is 0 Å². The summed E-state index contributed by atoms with van der Waals surface area (Å²) in [7, 11) is -3.82. The molecule has 1 aromatic heterocycles. The van der Waals surface area contributed by atoms with E-state index in [1.165, 1.54) is 30.5 Å².